The average molecular weight is 414 g/mol. The first kappa shape index (κ1) is 20.5. The van der Waals surface area contributed by atoms with Gasteiger partial charge in [0, 0.05) is 0 Å². The molecule has 1 aliphatic rings. The molecule has 3 aromatic carbocycles. The molecule has 3 aromatic rings. The number of benzene rings is 3. The lowest BCUT2D eigenvalue weighted by Crippen LogP contribution is -2.50. The topological polar surface area (TPSA) is 77.9 Å². The molecule has 0 aliphatic carbocycles. The molecular weight excluding hydrogens is 392 g/mol. The van der Waals surface area contributed by atoms with E-state index in [0.717, 1.165) is 4.90 Å². The first-order valence-electron chi connectivity index (χ1n) is 10.1. The lowest BCUT2D eigenvalue weighted by atomic mass is 9.97. The normalized spacial score (nSPS) is 14.0. The number of amides is 3. The highest BCUT2D eigenvalue weighted by molar-refractivity contribution is 6.22. The van der Waals surface area contributed by atoms with Gasteiger partial charge in [-0.05, 0) is 29.7 Å². The van der Waals surface area contributed by atoms with E-state index in [-0.39, 0.29) is 17.5 Å². The Hall–Kier alpha value is -3.77. The quantitative estimate of drug-likeness (QED) is 0.375. The van der Waals surface area contributed by atoms with Crippen molar-refractivity contribution >= 4 is 17.7 Å². The molecule has 1 atom stereocenters. The summed E-state index contributed by atoms with van der Waals surface area (Å²) in [6.45, 7) is 1.71. The van der Waals surface area contributed by atoms with Crippen molar-refractivity contribution in [2.75, 3.05) is 0 Å². The summed E-state index contributed by atoms with van der Waals surface area (Å²) in [6.07, 6.45) is 0.178. The van der Waals surface area contributed by atoms with Gasteiger partial charge in [0.05, 0.1) is 11.1 Å². The van der Waals surface area contributed by atoms with E-state index in [4.69, 9.17) is 0 Å². The van der Waals surface area contributed by atoms with Gasteiger partial charge in [0.15, 0.2) is 0 Å². The van der Waals surface area contributed by atoms with Crippen LogP contribution in [0.25, 0.3) is 0 Å². The maximum absolute atomic E-state index is 13.4. The van der Waals surface area contributed by atoms with E-state index in [9.17, 15) is 19.6 Å². The second kappa shape index (κ2) is 8.53. The molecule has 156 valence electrons. The standard InChI is InChI=1S/C25H22N2O4/c1-2-21(26-23(28)19-15-9-10-16-20(19)24(26)29)25(30)27(31)22(17-11-5-3-6-12-17)18-13-7-4-8-14-18/h3-16,21-22,31H,2H2,1H3/t21-/m0/s1. The Bertz CT molecular complexity index is 1040. The van der Waals surface area contributed by atoms with Gasteiger partial charge in [-0.2, -0.15) is 0 Å². The van der Waals surface area contributed by atoms with Crippen molar-refractivity contribution in [3.05, 3.63) is 107 Å². The molecule has 1 aliphatic heterocycles. The number of nitrogens with zero attached hydrogens (tertiary/aromatic N) is 2. The molecule has 0 saturated heterocycles. The van der Waals surface area contributed by atoms with Crippen molar-refractivity contribution in [2.45, 2.75) is 25.4 Å². The molecule has 0 aromatic heterocycles. The Morgan fingerprint density at radius 3 is 1.65 bits per heavy atom. The molecular formula is C25H22N2O4. The van der Waals surface area contributed by atoms with Gasteiger partial charge in [-0.15, -0.1) is 0 Å². The number of fused-ring (bicyclic) bond motifs is 1. The maximum atomic E-state index is 13.4. The molecule has 1 N–H and O–H groups in total. The van der Waals surface area contributed by atoms with Gasteiger partial charge in [0.25, 0.3) is 17.7 Å². The Balaban J connectivity index is 1.69. The van der Waals surface area contributed by atoms with Gasteiger partial charge in [-0.3, -0.25) is 24.5 Å². The Morgan fingerprint density at radius 1 is 0.806 bits per heavy atom. The number of imide groups is 1. The first-order valence-corrected chi connectivity index (χ1v) is 10.1. The van der Waals surface area contributed by atoms with Crippen LogP contribution in [-0.2, 0) is 4.79 Å². The van der Waals surface area contributed by atoms with E-state index < -0.39 is 29.8 Å². The van der Waals surface area contributed by atoms with Crippen molar-refractivity contribution in [1.29, 1.82) is 0 Å². The Morgan fingerprint density at radius 2 is 1.23 bits per heavy atom. The van der Waals surface area contributed by atoms with E-state index in [0.29, 0.717) is 16.2 Å². The second-order valence-electron chi connectivity index (χ2n) is 7.36. The van der Waals surface area contributed by atoms with Crippen LogP contribution < -0.4 is 0 Å². The van der Waals surface area contributed by atoms with E-state index in [1.54, 1.807) is 31.2 Å². The van der Waals surface area contributed by atoms with Crippen LogP contribution in [0.2, 0.25) is 0 Å². The third-order valence-electron chi connectivity index (χ3n) is 5.51. The lowest BCUT2D eigenvalue weighted by molar-refractivity contribution is -0.177. The largest absolute Gasteiger partial charge is 0.285 e. The fourth-order valence-corrected chi connectivity index (χ4v) is 3.98. The number of rotatable bonds is 6. The van der Waals surface area contributed by atoms with E-state index >= 15 is 0 Å². The molecule has 1 heterocycles. The average Bonchev–Trinajstić information content (AvgIpc) is 3.06. The SMILES string of the molecule is CC[C@@H](C(=O)N(O)C(c1ccccc1)c1ccccc1)N1C(=O)c2ccccc2C1=O. The fourth-order valence-electron chi connectivity index (χ4n) is 3.98. The smallest absolute Gasteiger partial charge is 0.270 e. The minimum Gasteiger partial charge on any atom is -0.285 e. The molecule has 0 saturated carbocycles. The van der Waals surface area contributed by atoms with E-state index in [1.807, 2.05) is 60.7 Å². The fraction of sp³-hybridized carbons (Fsp3) is 0.160. The number of carbonyl (C=O) groups excluding carboxylic acids is 3. The predicted molar refractivity (Wildman–Crippen MR) is 114 cm³/mol. The Labute approximate surface area is 180 Å². The summed E-state index contributed by atoms with van der Waals surface area (Å²) in [7, 11) is 0. The zero-order valence-electron chi connectivity index (χ0n) is 17.0. The highest BCUT2D eigenvalue weighted by Gasteiger charge is 2.44. The summed E-state index contributed by atoms with van der Waals surface area (Å²) < 4.78 is 0. The third-order valence-corrected chi connectivity index (χ3v) is 5.51. The zero-order valence-corrected chi connectivity index (χ0v) is 17.0. The Kier molecular flexibility index (Phi) is 5.64. The molecule has 4 rings (SSSR count). The van der Waals surface area contributed by atoms with Crippen molar-refractivity contribution in [2.24, 2.45) is 0 Å². The van der Waals surface area contributed by atoms with Gasteiger partial charge >= 0.3 is 0 Å². The number of hydroxylamine groups is 2. The summed E-state index contributed by atoms with van der Waals surface area (Å²) >= 11 is 0. The molecule has 6 heteroatoms. The van der Waals surface area contributed by atoms with Crippen LogP contribution in [-0.4, -0.2) is 38.9 Å². The van der Waals surface area contributed by atoms with Crippen LogP contribution in [0.5, 0.6) is 0 Å². The summed E-state index contributed by atoms with van der Waals surface area (Å²) in [6, 6.07) is 22.9. The maximum Gasteiger partial charge on any atom is 0.270 e. The minimum atomic E-state index is -1.12. The van der Waals surface area contributed by atoms with Crippen molar-refractivity contribution < 1.29 is 19.6 Å². The van der Waals surface area contributed by atoms with Gasteiger partial charge in [0.1, 0.15) is 12.1 Å². The molecule has 3 amide bonds. The van der Waals surface area contributed by atoms with Crippen LogP contribution >= 0.6 is 0 Å². The van der Waals surface area contributed by atoms with Crippen molar-refractivity contribution in [3.8, 4) is 0 Å². The van der Waals surface area contributed by atoms with Gasteiger partial charge in [0.2, 0.25) is 0 Å². The highest BCUT2D eigenvalue weighted by atomic mass is 16.5. The monoisotopic (exact) mass is 414 g/mol. The zero-order chi connectivity index (χ0) is 22.0. The van der Waals surface area contributed by atoms with Gasteiger partial charge in [-0.25, -0.2) is 5.06 Å². The molecule has 0 spiro atoms. The molecule has 31 heavy (non-hydrogen) atoms. The molecule has 0 unspecified atom stereocenters. The lowest BCUT2D eigenvalue weighted by Gasteiger charge is -2.32. The van der Waals surface area contributed by atoms with Crippen LogP contribution in [0, 0.1) is 0 Å². The van der Waals surface area contributed by atoms with Gasteiger partial charge < -0.3 is 0 Å². The van der Waals surface area contributed by atoms with Crippen molar-refractivity contribution in [3.63, 3.8) is 0 Å². The summed E-state index contributed by atoms with van der Waals surface area (Å²) in [5.41, 5.74) is 1.96. The van der Waals surface area contributed by atoms with Crippen molar-refractivity contribution in [1.82, 2.24) is 9.96 Å². The van der Waals surface area contributed by atoms with E-state index in [2.05, 4.69) is 0 Å². The number of hydrogen-bond acceptors (Lipinski definition) is 4. The molecule has 0 bridgehead atoms. The summed E-state index contributed by atoms with van der Waals surface area (Å²) in [5, 5.41) is 11.7. The number of carbonyl (C=O) groups is 3. The first-order chi connectivity index (χ1) is 15.0. The third kappa shape index (κ3) is 3.62. The summed E-state index contributed by atoms with van der Waals surface area (Å²) in [4.78, 5) is 40.2. The minimum absolute atomic E-state index is 0.178. The van der Waals surface area contributed by atoms with Gasteiger partial charge in [-0.1, -0.05) is 79.7 Å². The molecule has 0 fully saturated rings. The van der Waals surface area contributed by atoms with E-state index in [1.165, 1.54) is 0 Å². The highest BCUT2D eigenvalue weighted by Crippen LogP contribution is 2.31. The van der Waals surface area contributed by atoms with Crippen LogP contribution in [0.3, 0.4) is 0 Å². The number of hydrogen-bond donors (Lipinski definition) is 1. The second-order valence-corrected chi connectivity index (χ2v) is 7.36. The molecule has 6 nitrogen and oxygen atoms in total. The molecule has 0 radical (unpaired) electrons. The van der Waals surface area contributed by atoms with Crippen LogP contribution in [0.15, 0.2) is 84.9 Å². The summed E-state index contributed by atoms with van der Waals surface area (Å²) in [5.74, 6) is -1.76. The predicted octanol–water partition coefficient (Wildman–Crippen LogP) is 4.07. The van der Waals surface area contributed by atoms with Crippen LogP contribution in [0.1, 0.15) is 51.2 Å². The van der Waals surface area contributed by atoms with Crippen LogP contribution in [0.4, 0.5) is 0 Å².